The number of halogens is 1. The molecular weight excluding hydrogens is 598 g/mol. The molecule has 6 rings (SSSR count). The Morgan fingerprint density at radius 1 is 1.18 bits per heavy atom. The molecule has 1 unspecified atom stereocenters. The van der Waals surface area contributed by atoms with Crippen molar-refractivity contribution in [3.05, 3.63) is 58.1 Å². The summed E-state index contributed by atoms with van der Waals surface area (Å²) < 4.78 is 5.44. The molecule has 3 aliphatic heterocycles. The number of hydrogen-bond donors (Lipinski definition) is 3. The minimum Gasteiger partial charge on any atom is -0.381 e. The molecule has 3 aromatic rings. The highest BCUT2D eigenvalue weighted by Gasteiger charge is 2.33. The van der Waals surface area contributed by atoms with Gasteiger partial charge in [-0.3, -0.25) is 19.8 Å². The Morgan fingerprint density at radius 3 is 2.77 bits per heavy atom. The Kier molecular flexibility index (Phi) is 9.42. The van der Waals surface area contributed by atoms with Crippen molar-refractivity contribution in [3.8, 4) is 17.3 Å². The smallest absolute Gasteiger partial charge is 0.234 e. The number of thiazole rings is 1. The van der Waals surface area contributed by atoms with E-state index >= 15 is 0 Å². The van der Waals surface area contributed by atoms with Gasteiger partial charge in [0.15, 0.2) is 5.13 Å². The van der Waals surface area contributed by atoms with Crippen LogP contribution in [0.3, 0.4) is 0 Å². The number of nitriles is 1. The summed E-state index contributed by atoms with van der Waals surface area (Å²) in [5.74, 6) is 0.118. The molecule has 5 heterocycles. The van der Waals surface area contributed by atoms with E-state index in [2.05, 4.69) is 44.0 Å². The molecule has 3 N–H and O–H groups in total. The Hall–Kier alpha value is -3.56. The second-order valence-electron chi connectivity index (χ2n) is 11.9. The Bertz CT molecular complexity index is 1540. The number of piperidine rings is 2. The molecule has 230 valence electrons. The Balaban J connectivity index is 1.02. The molecule has 12 heteroatoms. The van der Waals surface area contributed by atoms with Crippen LogP contribution < -0.4 is 16.0 Å². The van der Waals surface area contributed by atoms with Gasteiger partial charge >= 0.3 is 0 Å². The summed E-state index contributed by atoms with van der Waals surface area (Å²) >= 11 is 8.05. The quantitative estimate of drug-likeness (QED) is 0.272. The first-order chi connectivity index (χ1) is 21.4. The maximum Gasteiger partial charge on any atom is 0.234 e. The first-order valence-corrected chi connectivity index (χ1v) is 16.4. The average Bonchev–Trinajstić information content (AvgIpc) is 3.51. The van der Waals surface area contributed by atoms with Crippen LogP contribution in [0.2, 0.25) is 5.02 Å². The highest BCUT2D eigenvalue weighted by Crippen LogP contribution is 2.34. The van der Waals surface area contributed by atoms with Gasteiger partial charge in [0.25, 0.3) is 0 Å². The van der Waals surface area contributed by atoms with Gasteiger partial charge in [-0.15, -0.1) is 11.3 Å². The largest absolute Gasteiger partial charge is 0.381 e. The van der Waals surface area contributed by atoms with Gasteiger partial charge < -0.3 is 15.4 Å². The first kappa shape index (κ1) is 30.5. The van der Waals surface area contributed by atoms with E-state index in [0.29, 0.717) is 37.6 Å². The number of aromatic nitrogens is 2. The maximum absolute atomic E-state index is 12.3. The third-order valence-electron chi connectivity index (χ3n) is 8.84. The fraction of sp³-hybridized carbons (Fsp3) is 0.469. The van der Waals surface area contributed by atoms with Crippen molar-refractivity contribution in [2.24, 2.45) is 5.41 Å². The van der Waals surface area contributed by atoms with E-state index in [4.69, 9.17) is 21.3 Å². The minimum atomic E-state index is -0.426. The fourth-order valence-electron chi connectivity index (χ4n) is 6.15. The van der Waals surface area contributed by atoms with Crippen LogP contribution in [0.25, 0.3) is 11.3 Å². The van der Waals surface area contributed by atoms with Gasteiger partial charge in [0.1, 0.15) is 5.82 Å². The van der Waals surface area contributed by atoms with E-state index in [0.717, 1.165) is 73.1 Å². The van der Waals surface area contributed by atoms with Gasteiger partial charge in [0.05, 0.1) is 28.1 Å². The zero-order valence-corrected chi connectivity index (χ0v) is 26.1. The molecule has 1 aromatic carbocycles. The molecule has 0 saturated carbocycles. The van der Waals surface area contributed by atoms with Gasteiger partial charge in [-0.05, 0) is 49.3 Å². The lowest BCUT2D eigenvalue weighted by Gasteiger charge is -2.33. The number of hydrogen-bond acceptors (Lipinski definition) is 10. The topological polar surface area (TPSA) is 132 Å². The Labute approximate surface area is 266 Å². The van der Waals surface area contributed by atoms with Crippen molar-refractivity contribution < 1.29 is 14.3 Å². The highest BCUT2D eigenvalue weighted by atomic mass is 35.5. The van der Waals surface area contributed by atoms with Crippen molar-refractivity contribution in [1.29, 1.82) is 5.26 Å². The molecule has 10 nitrogen and oxygen atoms in total. The number of nitrogens with zero attached hydrogens (tertiary/aromatic N) is 4. The van der Waals surface area contributed by atoms with Crippen LogP contribution in [0.5, 0.6) is 0 Å². The monoisotopic (exact) mass is 633 g/mol. The summed E-state index contributed by atoms with van der Waals surface area (Å²) in [6, 6.07) is 12.9. The van der Waals surface area contributed by atoms with Crippen molar-refractivity contribution in [3.63, 3.8) is 0 Å². The van der Waals surface area contributed by atoms with Gasteiger partial charge in [-0.2, -0.15) is 5.26 Å². The number of amides is 2. The van der Waals surface area contributed by atoms with Crippen LogP contribution >= 0.6 is 22.9 Å². The number of imide groups is 1. The van der Waals surface area contributed by atoms with Crippen molar-refractivity contribution in [1.82, 2.24) is 20.2 Å². The summed E-state index contributed by atoms with van der Waals surface area (Å²) in [6.07, 6.45) is 6.00. The standard InChI is InChI=1S/C32H36ClN7O3S/c33-26-16-35-28(15-25(26)27-18-44-31(38-27)36-20-32(19-34)8-12-43-13-9-32)37-23-6-10-40(11-7-23)17-21-2-1-3-22(14-21)24-4-5-29(41)39-30(24)42/h1-3,14-16,18,23-24H,4-13,17,20H2,(H,35,37)(H,36,38)(H,39,41,42). The molecule has 0 spiro atoms. The van der Waals surface area contributed by atoms with Crippen molar-refractivity contribution >= 4 is 45.7 Å². The van der Waals surface area contributed by atoms with Crippen LogP contribution in [-0.4, -0.2) is 65.6 Å². The third-order valence-corrected chi connectivity index (χ3v) is 9.94. The lowest BCUT2D eigenvalue weighted by molar-refractivity contribution is -0.134. The van der Waals surface area contributed by atoms with Crippen molar-refractivity contribution in [2.45, 2.75) is 57.0 Å². The molecule has 0 aliphatic carbocycles. The second kappa shape index (κ2) is 13.6. The predicted molar refractivity (Wildman–Crippen MR) is 170 cm³/mol. The fourth-order valence-corrected chi connectivity index (χ4v) is 7.06. The van der Waals surface area contributed by atoms with E-state index in [9.17, 15) is 14.9 Å². The summed E-state index contributed by atoms with van der Waals surface area (Å²) in [5.41, 5.74) is 3.32. The van der Waals surface area contributed by atoms with Crippen LogP contribution in [0, 0.1) is 16.7 Å². The van der Waals surface area contributed by atoms with E-state index in [1.807, 2.05) is 23.6 Å². The highest BCUT2D eigenvalue weighted by molar-refractivity contribution is 7.14. The van der Waals surface area contributed by atoms with E-state index in [1.165, 1.54) is 16.9 Å². The number of carbonyl (C=O) groups is 2. The summed E-state index contributed by atoms with van der Waals surface area (Å²) in [5, 5.41) is 22.4. The van der Waals surface area contributed by atoms with Crippen LogP contribution in [0.15, 0.2) is 41.9 Å². The summed E-state index contributed by atoms with van der Waals surface area (Å²) in [4.78, 5) is 35.6. The predicted octanol–water partition coefficient (Wildman–Crippen LogP) is 5.19. The molecule has 1 atom stereocenters. The molecule has 2 amide bonds. The number of nitrogens with one attached hydrogen (secondary N) is 3. The molecule has 3 saturated heterocycles. The SMILES string of the molecule is N#CC1(CNc2nc(-c3cc(NC4CCN(Cc5cccc(C6CCC(=O)NC6=O)c5)CC4)ncc3Cl)cs2)CCOCC1. The number of benzene rings is 1. The lowest BCUT2D eigenvalue weighted by Crippen LogP contribution is -2.39. The summed E-state index contributed by atoms with van der Waals surface area (Å²) in [7, 11) is 0. The van der Waals surface area contributed by atoms with Gasteiger partial charge in [-0.1, -0.05) is 35.9 Å². The van der Waals surface area contributed by atoms with E-state index in [1.54, 1.807) is 6.20 Å². The average molecular weight is 634 g/mol. The molecule has 0 bridgehead atoms. The zero-order chi connectivity index (χ0) is 30.5. The van der Waals surface area contributed by atoms with Gasteiger partial charge in [-0.25, -0.2) is 9.97 Å². The molecule has 44 heavy (non-hydrogen) atoms. The molecule has 2 aromatic heterocycles. The van der Waals surface area contributed by atoms with Gasteiger partial charge in [0.2, 0.25) is 11.8 Å². The lowest BCUT2D eigenvalue weighted by atomic mass is 9.82. The maximum atomic E-state index is 12.3. The molecule has 0 radical (unpaired) electrons. The van der Waals surface area contributed by atoms with E-state index < -0.39 is 5.41 Å². The second-order valence-corrected chi connectivity index (χ2v) is 13.2. The van der Waals surface area contributed by atoms with Crippen LogP contribution in [0.1, 0.15) is 55.6 Å². The Morgan fingerprint density at radius 2 is 2.00 bits per heavy atom. The number of pyridine rings is 1. The summed E-state index contributed by atoms with van der Waals surface area (Å²) in [6.45, 7) is 4.47. The molecule has 3 aliphatic rings. The minimum absolute atomic E-state index is 0.189. The van der Waals surface area contributed by atoms with Crippen LogP contribution in [-0.2, 0) is 20.9 Å². The number of ether oxygens (including phenoxy) is 1. The first-order valence-electron chi connectivity index (χ1n) is 15.2. The molecular formula is C32H36ClN7O3S. The third kappa shape index (κ3) is 7.21. The van der Waals surface area contributed by atoms with E-state index in [-0.39, 0.29) is 23.8 Å². The molecule has 3 fully saturated rings. The van der Waals surface area contributed by atoms with Crippen LogP contribution in [0.4, 0.5) is 10.9 Å². The number of anilines is 2. The number of rotatable bonds is 9. The van der Waals surface area contributed by atoms with Gasteiger partial charge in [0, 0.05) is 69.0 Å². The number of likely N-dealkylation sites (tertiary alicyclic amines) is 1. The number of carbonyl (C=O) groups excluding carboxylic acids is 2. The zero-order valence-electron chi connectivity index (χ0n) is 24.5. The van der Waals surface area contributed by atoms with Crippen molar-refractivity contribution in [2.75, 3.05) is 43.5 Å². The normalized spacial score (nSPS) is 21.0.